The van der Waals surface area contributed by atoms with E-state index in [1.807, 2.05) is 55.5 Å². The van der Waals surface area contributed by atoms with Gasteiger partial charge in [-0.3, -0.25) is 5.43 Å². The fraction of sp³-hybridized carbons (Fsp3) is 0.158. The molecule has 0 aliphatic carbocycles. The highest BCUT2D eigenvalue weighted by atomic mass is 35.5. The minimum Gasteiger partial charge on any atom is -0.494 e. The number of hydrogen-bond donors (Lipinski definition) is 1. The zero-order valence-corrected chi connectivity index (χ0v) is 15.6. The molecule has 1 heterocycles. The Morgan fingerprint density at radius 2 is 1.88 bits per heavy atom. The van der Waals surface area contributed by atoms with Crippen molar-refractivity contribution in [3.8, 4) is 17.0 Å². The molecule has 0 aliphatic rings. The Balaban J connectivity index is 1.70. The molecule has 25 heavy (non-hydrogen) atoms. The first-order valence-corrected chi connectivity index (χ1v) is 9.10. The summed E-state index contributed by atoms with van der Waals surface area (Å²) in [7, 11) is 0. The van der Waals surface area contributed by atoms with Gasteiger partial charge in [-0.05, 0) is 43.7 Å². The molecule has 0 bridgehead atoms. The van der Waals surface area contributed by atoms with Crippen LogP contribution in [0.15, 0.2) is 53.6 Å². The number of nitrogens with zero attached hydrogens (tertiary/aromatic N) is 2. The number of anilines is 1. The van der Waals surface area contributed by atoms with Crippen molar-refractivity contribution in [2.45, 2.75) is 13.8 Å². The fourth-order valence-electron chi connectivity index (χ4n) is 2.22. The number of benzene rings is 2. The van der Waals surface area contributed by atoms with Gasteiger partial charge < -0.3 is 4.74 Å². The third-order valence-corrected chi connectivity index (χ3v) is 4.63. The van der Waals surface area contributed by atoms with Crippen LogP contribution in [0.2, 0.25) is 4.34 Å². The number of rotatable bonds is 6. The molecule has 0 fully saturated rings. The number of hydrazone groups is 1. The van der Waals surface area contributed by atoms with Gasteiger partial charge in [0.25, 0.3) is 0 Å². The standard InChI is InChI=1S/C19H18ClN3OS/c1-3-24-16-10-8-15(9-11-16)17-18(20)25-19(22-17)23-21-12-14-6-4-13(2)5-7-14/h4-12H,3H2,1-2H3,(H,22,23). The fourth-order valence-corrected chi connectivity index (χ4v) is 3.25. The predicted octanol–water partition coefficient (Wildman–Crippen LogP) is 5.62. The average Bonchev–Trinajstić information content (AvgIpc) is 2.98. The van der Waals surface area contributed by atoms with Gasteiger partial charge in [0.05, 0.1) is 12.8 Å². The van der Waals surface area contributed by atoms with Crippen LogP contribution in [0.3, 0.4) is 0 Å². The monoisotopic (exact) mass is 371 g/mol. The second kappa shape index (κ2) is 8.14. The van der Waals surface area contributed by atoms with E-state index in [2.05, 4.69) is 22.4 Å². The smallest absolute Gasteiger partial charge is 0.205 e. The van der Waals surface area contributed by atoms with E-state index in [-0.39, 0.29) is 0 Å². The molecule has 0 amide bonds. The Kier molecular flexibility index (Phi) is 5.68. The number of aromatic nitrogens is 1. The first-order valence-electron chi connectivity index (χ1n) is 7.91. The summed E-state index contributed by atoms with van der Waals surface area (Å²) < 4.78 is 6.07. The summed E-state index contributed by atoms with van der Waals surface area (Å²) in [4.78, 5) is 4.52. The van der Waals surface area contributed by atoms with E-state index in [0.717, 1.165) is 22.6 Å². The van der Waals surface area contributed by atoms with E-state index >= 15 is 0 Å². The van der Waals surface area contributed by atoms with E-state index in [9.17, 15) is 0 Å². The van der Waals surface area contributed by atoms with Crippen molar-refractivity contribution in [2.24, 2.45) is 5.10 Å². The maximum absolute atomic E-state index is 6.33. The second-order valence-electron chi connectivity index (χ2n) is 5.38. The average molecular weight is 372 g/mol. The third kappa shape index (κ3) is 4.59. The quantitative estimate of drug-likeness (QED) is 0.452. The minimum atomic E-state index is 0.622. The molecule has 4 nitrogen and oxygen atoms in total. The van der Waals surface area contributed by atoms with Crippen LogP contribution < -0.4 is 10.2 Å². The lowest BCUT2D eigenvalue weighted by Crippen LogP contribution is -1.91. The third-order valence-electron chi connectivity index (χ3n) is 3.48. The highest BCUT2D eigenvalue weighted by Crippen LogP contribution is 2.35. The van der Waals surface area contributed by atoms with Crippen molar-refractivity contribution >= 4 is 34.3 Å². The molecule has 2 aromatic carbocycles. The van der Waals surface area contributed by atoms with Crippen LogP contribution in [0, 0.1) is 6.92 Å². The molecule has 128 valence electrons. The van der Waals surface area contributed by atoms with Gasteiger partial charge in [-0.2, -0.15) is 5.10 Å². The number of thiazole rings is 1. The first kappa shape index (κ1) is 17.5. The molecule has 0 spiro atoms. The molecule has 3 aromatic rings. The molecule has 1 N–H and O–H groups in total. The van der Waals surface area contributed by atoms with Crippen molar-refractivity contribution < 1.29 is 4.74 Å². The summed E-state index contributed by atoms with van der Waals surface area (Å²) in [6.45, 7) is 4.66. The van der Waals surface area contributed by atoms with Crippen LogP contribution in [-0.2, 0) is 0 Å². The van der Waals surface area contributed by atoms with Gasteiger partial charge in [0.1, 0.15) is 15.8 Å². The number of nitrogens with one attached hydrogen (secondary N) is 1. The highest BCUT2D eigenvalue weighted by molar-refractivity contribution is 7.20. The van der Waals surface area contributed by atoms with Crippen molar-refractivity contribution in [1.29, 1.82) is 0 Å². The Hall–Kier alpha value is -2.37. The van der Waals surface area contributed by atoms with Crippen LogP contribution in [-0.4, -0.2) is 17.8 Å². The van der Waals surface area contributed by atoms with Crippen molar-refractivity contribution in [2.75, 3.05) is 12.0 Å². The molecule has 0 unspecified atom stereocenters. The number of aryl methyl sites for hydroxylation is 1. The number of hydrogen-bond acceptors (Lipinski definition) is 5. The van der Waals surface area contributed by atoms with Gasteiger partial charge in [0, 0.05) is 5.56 Å². The molecule has 0 radical (unpaired) electrons. The molecule has 6 heteroatoms. The molecular weight excluding hydrogens is 354 g/mol. The van der Waals surface area contributed by atoms with E-state index in [1.54, 1.807) is 6.21 Å². The van der Waals surface area contributed by atoms with Crippen LogP contribution in [0.1, 0.15) is 18.1 Å². The summed E-state index contributed by atoms with van der Waals surface area (Å²) in [5, 5.41) is 4.87. The van der Waals surface area contributed by atoms with E-state index < -0.39 is 0 Å². The molecule has 3 rings (SSSR count). The summed E-state index contributed by atoms with van der Waals surface area (Å²) in [6.07, 6.45) is 1.76. The van der Waals surface area contributed by atoms with Crippen LogP contribution in [0.4, 0.5) is 5.13 Å². The molecular formula is C19H18ClN3OS. The summed E-state index contributed by atoms with van der Waals surface area (Å²) in [5.41, 5.74) is 6.86. The lowest BCUT2D eigenvalue weighted by atomic mass is 10.2. The Labute approximate surface area is 156 Å². The summed E-state index contributed by atoms with van der Waals surface area (Å²) in [5.74, 6) is 0.832. The van der Waals surface area contributed by atoms with Gasteiger partial charge >= 0.3 is 0 Å². The zero-order valence-electron chi connectivity index (χ0n) is 14.0. The van der Waals surface area contributed by atoms with Crippen LogP contribution in [0.5, 0.6) is 5.75 Å². The molecule has 0 saturated carbocycles. The van der Waals surface area contributed by atoms with E-state index in [4.69, 9.17) is 16.3 Å². The molecule has 0 saturated heterocycles. The zero-order chi connectivity index (χ0) is 17.6. The molecule has 0 aliphatic heterocycles. The molecule has 0 atom stereocenters. The maximum atomic E-state index is 6.33. The Morgan fingerprint density at radius 1 is 1.16 bits per heavy atom. The first-order chi connectivity index (χ1) is 12.2. The lowest BCUT2D eigenvalue weighted by molar-refractivity contribution is 0.340. The van der Waals surface area contributed by atoms with Crippen LogP contribution in [0.25, 0.3) is 11.3 Å². The van der Waals surface area contributed by atoms with Gasteiger partial charge in [0.2, 0.25) is 5.13 Å². The van der Waals surface area contributed by atoms with Gasteiger partial charge in [0.15, 0.2) is 0 Å². The topological polar surface area (TPSA) is 46.5 Å². The summed E-state index contributed by atoms with van der Waals surface area (Å²) in [6, 6.07) is 15.9. The molecule has 1 aromatic heterocycles. The summed E-state index contributed by atoms with van der Waals surface area (Å²) >= 11 is 7.69. The van der Waals surface area contributed by atoms with Crippen LogP contribution >= 0.6 is 22.9 Å². The van der Waals surface area contributed by atoms with Gasteiger partial charge in [-0.1, -0.05) is 52.8 Å². The highest BCUT2D eigenvalue weighted by Gasteiger charge is 2.11. The minimum absolute atomic E-state index is 0.622. The second-order valence-corrected chi connectivity index (χ2v) is 6.98. The van der Waals surface area contributed by atoms with E-state index in [1.165, 1.54) is 16.9 Å². The van der Waals surface area contributed by atoms with E-state index in [0.29, 0.717) is 16.1 Å². The number of halogens is 1. The van der Waals surface area contributed by atoms with Crippen molar-refractivity contribution in [3.63, 3.8) is 0 Å². The Morgan fingerprint density at radius 3 is 2.56 bits per heavy atom. The predicted molar refractivity (Wildman–Crippen MR) is 106 cm³/mol. The maximum Gasteiger partial charge on any atom is 0.205 e. The SMILES string of the molecule is CCOc1ccc(-c2nc(NN=Cc3ccc(C)cc3)sc2Cl)cc1. The number of ether oxygens (including phenoxy) is 1. The van der Waals surface area contributed by atoms with Gasteiger partial charge in [-0.15, -0.1) is 0 Å². The normalized spacial score (nSPS) is 11.0. The van der Waals surface area contributed by atoms with Crippen molar-refractivity contribution in [3.05, 3.63) is 64.0 Å². The van der Waals surface area contributed by atoms with Crippen molar-refractivity contribution in [1.82, 2.24) is 4.98 Å². The largest absolute Gasteiger partial charge is 0.494 e. The Bertz CT molecular complexity index is 857. The lowest BCUT2D eigenvalue weighted by Gasteiger charge is -2.03. The van der Waals surface area contributed by atoms with Gasteiger partial charge in [-0.25, -0.2) is 4.98 Å².